The molecule has 0 spiro atoms. The van der Waals surface area contributed by atoms with Crippen LogP contribution in [-0.2, 0) is 11.3 Å². The molecule has 5 nitrogen and oxygen atoms in total. The molecule has 0 radical (unpaired) electrons. The van der Waals surface area contributed by atoms with Crippen LogP contribution in [0.3, 0.4) is 0 Å². The van der Waals surface area contributed by atoms with E-state index in [4.69, 9.17) is 9.47 Å². The molecule has 0 saturated carbocycles. The lowest BCUT2D eigenvalue weighted by atomic mass is 9.96. The molecule has 0 fully saturated rings. The average molecular weight is 417 g/mol. The van der Waals surface area contributed by atoms with Crippen LogP contribution in [0.15, 0.2) is 54.6 Å². The number of aryl methyl sites for hydroxylation is 1. The van der Waals surface area contributed by atoms with E-state index in [2.05, 4.69) is 59.3 Å². The van der Waals surface area contributed by atoms with Crippen molar-refractivity contribution in [2.24, 2.45) is 0 Å². The van der Waals surface area contributed by atoms with Crippen molar-refractivity contribution in [3.05, 3.63) is 65.7 Å². The largest absolute Gasteiger partial charge is 0.454 e. The number of amides is 1. The lowest BCUT2D eigenvalue weighted by Gasteiger charge is -2.19. The number of hydrogen-bond acceptors (Lipinski definition) is 4. The second-order valence-electron chi connectivity index (χ2n) is 7.53. The van der Waals surface area contributed by atoms with Gasteiger partial charge in [0.2, 0.25) is 12.7 Å². The quantitative estimate of drug-likeness (QED) is 0.481. The lowest BCUT2D eigenvalue weighted by Crippen LogP contribution is -2.12. The van der Waals surface area contributed by atoms with Crippen molar-refractivity contribution in [1.29, 1.82) is 0 Å². The molecule has 0 saturated heterocycles. The van der Waals surface area contributed by atoms with E-state index >= 15 is 0 Å². The zero-order valence-corrected chi connectivity index (χ0v) is 17.3. The maximum Gasteiger partial charge on any atom is 0.234 e. The number of carbonyl (C=O) groups is 1. The summed E-state index contributed by atoms with van der Waals surface area (Å²) < 4.78 is 13.5. The summed E-state index contributed by atoms with van der Waals surface area (Å²) in [7, 11) is 0. The van der Waals surface area contributed by atoms with Crippen molar-refractivity contribution in [3.63, 3.8) is 0 Å². The molecule has 1 N–H and O–H groups in total. The molecule has 6 heteroatoms. The SMILES string of the molecule is CCn1c2ccccc2c2c3c(ccc21)NC(=O)CSC3c1ccc2c(c1)OCO2. The van der Waals surface area contributed by atoms with Crippen LogP contribution in [0, 0.1) is 0 Å². The number of ether oxygens (including phenoxy) is 2. The number of benzene rings is 3. The Kier molecular flexibility index (Phi) is 3.96. The van der Waals surface area contributed by atoms with Crippen LogP contribution in [0.4, 0.5) is 5.69 Å². The maximum atomic E-state index is 12.5. The summed E-state index contributed by atoms with van der Waals surface area (Å²) in [5.41, 5.74) is 5.57. The van der Waals surface area contributed by atoms with Crippen molar-refractivity contribution in [3.8, 4) is 11.5 Å². The van der Waals surface area contributed by atoms with Gasteiger partial charge in [-0.3, -0.25) is 4.79 Å². The number of anilines is 1. The fraction of sp³-hybridized carbons (Fsp3) is 0.208. The van der Waals surface area contributed by atoms with Crippen molar-refractivity contribution >= 4 is 45.2 Å². The van der Waals surface area contributed by atoms with E-state index in [-0.39, 0.29) is 18.0 Å². The number of hydrogen-bond donors (Lipinski definition) is 1. The van der Waals surface area contributed by atoms with Crippen molar-refractivity contribution < 1.29 is 14.3 Å². The summed E-state index contributed by atoms with van der Waals surface area (Å²) in [6.07, 6.45) is 0. The molecule has 3 heterocycles. The van der Waals surface area contributed by atoms with Gasteiger partial charge in [0.15, 0.2) is 11.5 Å². The van der Waals surface area contributed by atoms with Crippen LogP contribution < -0.4 is 14.8 Å². The van der Waals surface area contributed by atoms with Gasteiger partial charge in [-0.05, 0) is 42.8 Å². The van der Waals surface area contributed by atoms with Gasteiger partial charge in [-0.2, -0.15) is 0 Å². The Morgan fingerprint density at radius 1 is 1.07 bits per heavy atom. The number of aromatic nitrogens is 1. The van der Waals surface area contributed by atoms with Crippen LogP contribution >= 0.6 is 11.8 Å². The number of para-hydroxylation sites is 1. The monoisotopic (exact) mass is 416 g/mol. The molecular weight excluding hydrogens is 396 g/mol. The number of fused-ring (bicyclic) bond motifs is 6. The first kappa shape index (κ1) is 17.7. The standard InChI is InChI=1S/C24H20N2O3S/c1-2-26-17-6-4-3-5-15(17)22-18(26)9-8-16-23(22)24(30-12-21(27)25-16)14-7-10-19-20(11-14)29-13-28-19/h3-11,24H,2,12-13H2,1H3,(H,25,27). The number of nitrogens with one attached hydrogen (secondary N) is 1. The first-order valence-electron chi connectivity index (χ1n) is 10.1. The predicted octanol–water partition coefficient (Wildman–Crippen LogP) is 5.32. The fourth-order valence-electron chi connectivity index (χ4n) is 4.66. The Hall–Kier alpha value is -3.12. The van der Waals surface area contributed by atoms with Gasteiger partial charge >= 0.3 is 0 Å². The van der Waals surface area contributed by atoms with Crippen LogP contribution in [0.25, 0.3) is 21.8 Å². The zero-order chi connectivity index (χ0) is 20.2. The molecule has 1 aromatic heterocycles. The van der Waals surface area contributed by atoms with Crippen molar-refractivity contribution in [1.82, 2.24) is 4.57 Å². The molecule has 30 heavy (non-hydrogen) atoms. The molecule has 1 unspecified atom stereocenters. The number of thioether (sulfide) groups is 1. The van der Waals surface area contributed by atoms with E-state index in [0.29, 0.717) is 5.75 Å². The van der Waals surface area contributed by atoms with E-state index < -0.39 is 0 Å². The summed E-state index contributed by atoms with van der Waals surface area (Å²) in [4.78, 5) is 12.5. The molecule has 2 aliphatic heterocycles. The van der Waals surface area contributed by atoms with Crippen LogP contribution in [0.1, 0.15) is 23.3 Å². The maximum absolute atomic E-state index is 12.5. The average Bonchev–Trinajstić information content (AvgIpc) is 3.31. The third-order valence-electron chi connectivity index (χ3n) is 5.91. The minimum absolute atomic E-state index is 0.00765. The highest BCUT2D eigenvalue weighted by atomic mass is 32.2. The second-order valence-corrected chi connectivity index (χ2v) is 8.63. The summed E-state index contributed by atoms with van der Waals surface area (Å²) in [6.45, 7) is 3.31. The highest BCUT2D eigenvalue weighted by Crippen LogP contribution is 2.49. The Bertz CT molecular complexity index is 1330. The number of carbonyl (C=O) groups excluding carboxylic acids is 1. The first-order valence-corrected chi connectivity index (χ1v) is 11.1. The molecule has 0 aliphatic carbocycles. The Morgan fingerprint density at radius 3 is 2.83 bits per heavy atom. The Balaban J connectivity index is 1.68. The molecule has 1 atom stereocenters. The predicted molar refractivity (Wildman–Crippen MR) is 121 cm³/mol. The molecule has 3 aromatic carbocycles. The van der Waals surface area contributed by atoms with E-state index in [9.17, 15) is 4.79 Å². The molecule has 6 rings (SSSR count). The Labute approximate surface area is 178 Å². The van der Waals surface area contributed by atoms with Gasteiger partial charge in [0.25, 0.3) is 0 Å². The van der Waals surface area contributed by atoms with Crippen molar-refractivity contribution in [2.75, 3.05) is 17.9 Å². The van der Waals surface area contributed by atoms with Crippen LogP contribution in [0.5, 0.6) is 11.5 Å². The second kappa shape index (κ2) is 6.71. The van der Waals surface area contributed by atoms with E-state index in [1.807, 2.05) is 12.1 Å². The molecular formula is C24H20N2O3S. The third-order valence-corrected chi connectivity index (χ3v) is 7.18. The highest BCUT2D eigenvalue weighted by molar-refractivity contribution is 8.00. The molecule has 1 amide bonds. The van der Waals surface area contributed by atoms with Gasteiger partial charge in [-0.15, -0.1) is 11.8 Å². The summed E-state index contributed by atoms with van der Waals surface area (Å²) >= 11 is 1.66. The van der Waals surface area contributed by atoms with Crippen LogP contribution in [0.2, 0.25) is 0 Å². The number of rotatable bonds is 2. The molecule has 0 bridgehead atoms. The van der Waals surface area contributed by atoms with E-state index in [0.717, 1.165) is 34.9 Å². The minimum atomic E-state index is 0.00765. The van der Waals surface area contributed by atoms with Crippen LogP contribution in [-0.4, -0.2) is 23.0 Å². The van der Waals surface area contributed by atoms with Gasteiger partial charge < -0.3 is 19.4 Å². The topological polar surface area (TPSA) is 52.5 Å². The lowest BCUT2D eigenvalue weighted by molar-refractivity contribution is -0.113. The van der Waals surface area contributed by atoms with Gasteiger partial charge in [0.05, 0.1) is 11.0 Å². The highest BCUT2D eigenvalue weighted by Gasteiger charge is 2.29. The zero-order valence-electron chi connectivity index (χ0n) is 16.5. The van der Waals surface area contributed by atoms with Gasteiger partial charge in [0, 0.05) is 39.6 Å². The summed E-state index contributed by atoms with van der Waals surface area (Å²) in [6, 6.07) is 18.8. The number of nitrogens with zero attached hydrogens (tertiary/aromatic N) is 1. The summed E-state index contributed by atoms with van der Waals surface area (Å²) in [5.74, 6) is 1.97. The smallest absolute Gasteiger partial charge is 0.234 e. The third kappa shape index (κ3) is 2.53. The molecule has 2 aliphatic rings. The fourth-order valence-corrected chi connectivity index (χ4v) is 5.80. The Morgan fingerprint density at radius 2 is 1.93 bits per heavy atom. The van der Waals surface area contributed by atoms with Gasteiger partial charge in [-0.1, -0.05) is 24.3 Å². The van der Waals surface area contributed by atoms with Gasteiger partial charge in [-0.25, -0.2) is 0 Å². The van der Waals surface area contributed by atoms with E-state index in [1.165, 1.54) is 21.8 Å². The first-order chi connectivity index (χ1) is 14.7. The van der Waals surface area contributed by atoms with E-state index in [1.54, 1.807) is 11.8 Å². The summed E-state index contributed by atoms with van der Waals surface area (Å²) in [5, 5.41) is 5.57. The van der Waals surface area contributed by atoms with Gasteiger partial charge in [0.1, 0.15) is 0 Å². The normalized spacial score (nSPS) is 17.8. The molecule has 4 aromatic rings. The molecule has 150 valence electrons. The minimum Gasteiger partial charge on any atom is -0.454 e. The van der Waals surface area contributed by atoms with Crippen molar-refractivity contribution in [2.45, 2.75) is 18.7 Å².